The van der Waals surface area contributed by atoms with E-state index in [-0.39, 0.29) is 0 Å². The van der Waals surface area contributed by atoms with Crippen LogP contribution in [-0.2, 0) is 6.42 Å². The molecule has 6 rings (SSSR count). The van der Waals surface area contributed by atoms with Crippen molar-refractivity contribution in [2.75, 3.05) is 13.1 Å². The molecule has 3 aliphatic rings. The highest BCUT2D eigenvalue weighted by atomic mass is 15.5. The third-order valence-corrected chi connectivity index (χ3v) is 6.69. The highest BCUT2D eigenvalue weighted by Crippen LogP contribution is 2.51. The number of pyridine rings is 1. The summed E-state index contributed by atoms with van der Waals surface area (Å²) in [6.07, 6.45) is 9.42. The third-order valence-electron chi connectivity index (χ3n) is 6.69. The van der Waals surface area contributed by atoms with Crippen LogP contribution in [0.1, 0.15) is 48.3 Å². The Morgan fingerprint density at radius 2 is 1.96 bits per heavy atom. The van der Waals surface area contributed by atoms with Crippen molar-refractivity contribution in [3.8, 4) is 0 Å². The number of piperidine rings is 1. The van der Waals surface area contributed by atoms with Crippen LogP contribution in [0.3, 0.4) is 0 Å². The molecule has 1 N–H and O–H groups in total. The summed E-state index contributed by atoms with van der Waals surface area (Å²) in [5, 5.41) is 1.43. The summed E-state index contributed by atoms with van der Waals surface area (Å²) >= 11 is 0. The van der Waals surface area contributed by atoms with Gasteiger partial charge in [0.25, 0.3) is 0 Å². The monoisotopic (exact) mass is 344 g/mol. The number of nitrogens with zero attached hydrogens (tertiary/aromatic N) is 3. The van der Waals surface area contributed by atoms with E-state index in [1.807, 2.05) is 6.20 Å². The molecule has 2 unspecified atom stereocenters. The lowest BCUT2D eigenvalue weighted by Crippen LogP contribution is -2.38. The first-order chi connectivity index (χ1) is 12.9. The van der Waals surface area contributed by atoms with Gasteiger partial charge in [0.2, 0.25) is 0 Å². The van der Waals surface area contributed by atoms with Gasteiger partial charge in [0.05, 0.1) is 12.2 Å². The SMILES string of the molecule is c1cncc(C2N3CCc4c([nH]c5ccccc45)C3[C@H]3CCCCN23)c1. The van der Waals surface area contributed by atoms with Gasteiger partial charge in [-0.25, -0.2) is 0 Å². The molecule has 3 aliphatic heterocycles. The first kappa shape index (κ1) is 14.9. The van der Waals surface area contributed by atoms with Crippen LogP contribution in [0.2, 0.25) is 0 Å². The minimum Gasteiger partial charge on any atom is -0.357 e. The van der Waals surface area contributed by atoms with Crippen molar-refractivity contribution in [3.63, 3.8) is 0 Å². The van der Waals surface area contributed by atoms with Crippen molar-refractivity contribution in [2.45, 2.75) is 43.9 Å². The average molecular weight is 344 g/mol. The van der Waals surface area contributed by atoms with Crippen molar-refractivity contribution >= 4 is 10.9 Å². The molecule has 26 heavy (non-hydrogen) atoms. The largest absolute Gasteiger partial charge is 0.357 e. The second kappa shape index (κ2) is 5.66. The molecule has 5 heterocycles. The molecular weight excluding hydrogens is 320 g/mol. The molecule has 4 nitrogen and oxygen atoms in total. The van der Waals surface area contributed by atoms with Gasteiger partial charge in [0.15, 0.2) is 0 Å². The average Bonchev–Trinajstić information content (AvgIpc) is 3.24. The third kappa shape index (κ3) is 2.00. The topological polar surface area (TPSA) is 35.2 Å². The Kier molecular flexibility index (Phi) is 3.25. The van der Waals surface area contributed by atoms with Crippen LogP contribution in [0.15, 0.2) is 48.8 Å². The summed E-state index contributed by atoms with van der Waals surface area (Å²) in [6, 6.07) is 14.3. The fourth-order valence-electron chi connectivity index (χ4n) is 5.70. The van der Waals surface area contributed by atoms with Crippen molar-refractivity contribution in [2.24, 2.45) is 0 Å². The molecule has 0 amide bonds. The molecule has 4 heteroatoms. The second-order valence-corrected chi connectivity index (χ2v) is 7.96. The molecule has 3 aromatic rings. The van der Waals surface area contributed by atoms with E-state index in [1.165, 1.54) is 48.0 Å². The van der Waals surface area contributed by atoms with E-state index >= 15 is 0 Å². The summed E-state index contributed by atoms with van der Waals surface area (Å²) < 4.78 is 0. The van der Waals surface area contributed by atoms with E-state index in [2.05, 4.69) is 62.4 Å². The van der Waals surface area contributed by atoms with E-state index < -0.39 is 0 Å². The zero-order valence-corrected chi connectivity index (χ0v) is 14.9. The van der Waals surface area contributed by atoms with Crippen LogP contribution in [0, 0.1) is 0 Å². The number of aromatic amines is 1. The number of H-pyrrole nitrogens is 1. The second-order valence-electron chi connectivity index (χ2n) is 7.96. The van der Waals surface area contributed by atoms with Crippen LogP contribution in [-0.4, -0.2) is 38.9 Å². The number of fused-ring (bicyclic) bond motifs is 7. The quantitative estimate of drug-likeness (QED) is 0.724. The maximum Gasteiger partial charge on any atom is 0.0910 e. The smallest absolute Gasteiger partial charge is 0.0910 e. The molecule has 2 aromatic heterocycles. The number of rotatable bonds is 1. The maximum absolute atomic E-state index is 4.42. The van der Waals surface area contributed by atoms with Gasteiger partial charge in [-0.3, -0.25) is 14.8 Å². The van der Waals surface area contributed by atoms with Crippen molar-refractivity contribution in [1.82, 2.24) is 19.8 Å². The van der Waals surface area contributed by atoms with E-state index in [0.717, 1.165) is 13.0 Å². The Hall–Kier alpha value is -2.17. The van der Waals surface area contributed by atoms with Gasteiger partial charge in [0, 0.05) is 53.7 Å². The summed E-state index contributed by atoms with van der Waals surface area (Å²) in [4.78, 5) is 13.7. The first-order valence-electron chi connectivity index (χ1n) is 9.93. The lowest BCUT2D eigenvalue weighted by molar-refractivity contribution is 0.0975. The Morgan fingerprint density at radius 1 is 1.00 bits per heavy atom. The van der Waals surface area contributed by atoms with Crippen LogP contribution in [0.4, 0.5) is 0 Å². The van der Waals surface area contributed by atoms with E-state index in [4.69, 9.17) is 0 Å². The predicted molar refractivity (Wildman–Crippen MR) is 103 cm³/mol. The molecule has 132 valence electrons. The number of hydrogen-bond donors (Lipinski definition) is 1. The fourth-order valence-corrected chi connectivity index (χ4v) is 5.70. The zero-order valence-electron chi connectivity index (χ0n) is 14.9. The summed E-state index contributed by atoms with van der Waals surface area (Å²) in [6.45, 7) is 2.33. The van der Waals surface area contributed by atoms with Gasteiger partial charge < -0.3 is 4.98 Å². The van der Waals surface area contributed by atoms with Crippen LogP contribution in [0.25, 0.3) is 10.9 Å². The molecular formula is C22H24N4. The molecule has 2 fully saturated rings. The Morgan fingerprint density at radius 3 is 2.88 bits per heavy atom. The van der Waals surface area contributed by atoms with Gasteiger partial charge in [0.1, 0.15) is 0 Å². The highest BCUT2D eigenvalue weighted by Gasteiger charge is 2.51. The van der Waals surface area contributed by atoms with Gasteiger partial charge >= 0.3 is 0 Å². The Balaban J connectivity index is 1.51. The molecule has 0 spiro atoms. The standard InChI is InChI=1S/C22H24N4/c1-2-8-18-16(7-1)17-10-13-26-21(20(17)24-18)19-9-3-4-12-25(19)22(26)15-6-5-11-23-14-15/h1-2,5-8,11,14,19,21-22,24H,3-4,9-10,12-13H2/t19-,21?,22?/m1/s1. The van der Waals surface area contributed by atoms with Gasteiger partial charge in [-0.15, -0.1) is 0 Å². The molecule has 0 saturated carbocycles. The van der Waals surface area contributed by atoms with E-state index in [1.54, 1.807) is 5.56 Å². The van der Waals surface area contributed by atoms with Crippen molar-refractivity contribution in [1.29, 1.82) is 0 Å². The summed E-state index contributed by atoms with van der Waals surface area (Å²) in [7, 11) is 0. The molecule has 0 aliphatic carbocycles. The number of para-hydroxylation sites is 1. The molecule has 2 saturated heterocycles. The molecule has 1 aromatic carbocycles. The first-order valence-corrected chi connectivity index (χ1v) is 9.93. The minimum absolute atomic E-state index is 0.374. The van der Waals surface area contributed by atoms with Gasteiger partial charge in [-0.1, -0.05) is 30.7 Å². The number of benzene rings is 1. The summed E-state index contributed by atoms with van der Waals surface area (Å²) in [5.74, 6) is 0. The fraction of sp³-hybridized carbons (Fsp3) is 0.409. The van der Waals surface area contributed by atoms with E-state index in [0.29, 0.717) is 18.2 Å². The van der Waals surface area contributed by atoms with E-state index in [9.17, 15) is 0 Å². The minimum atomic E-state index is 0.374. The molecule has 0 bridgehead atoms. The molecule has 0 radical (unpaired) electrons. The Bertz CT molecular complexity index is 947. The van der Waals surface area contributed by atoms with Crippen LogP contribution < -0.4 is 0 Å². The van der Waals surface area contributed by atoms with Gasteiger partial charge in [-0.2, -0.15) is 0 Å². The molecule has 3 atom stereocenters. The maximum atomic E-state index is 4.42. The highest BCUT2D eigenvalue weighted by molar-refractivity contribution is 5.85. The van der Waals surface area contributed by atoms with Crippen LogP contribution >= 0.6 is 0 Å². The lowest BCUT2D eigenvalue weighted by Gasteiger charge is -2.34. The van der Waals surface area contributed by atoms with Crippen molar-refractivity contribution < 1.29 is 0 Å². The number of aromatic nitrogens is 2. The summed E-state index contributed by atoms with van der Waals surface area (Å²) in [5.41, 5.74) is 5.67. The lowest BCUT2D eigenvalue weighted by atomic mass is 9.90. The number of hydrogen-bond acceptors (Lipinski definition) is 3. The predicted octanol–water partition coefficient (Wildman–Crippen LogP) is 4.03. The zero-order chi connectivity index (χ0) is 17.1. The Labute approximate surface area is 153 Å². The van der Waals surface area contributed by atoms with Crippen LogP contribution in [0.5, 0.6) is 0 Å². The normalized spacial score (nSPS) is 28.7. The van der Waals surface area contributed by atoms with Crippen molar-refractivity contribution in [3.05, 3.63) is 65.6 Å². The number of nitrogens with one attached hydrogen (secondary N) is 1. The van der Waals surface area contributed by atoms with Gasteiger partial charge in [-0.05, 0) is 37.0 Å².